The number of cyclic esters (lactones) is 1. The number of nitrogens with zero attached hydrogens (tertiary/aromatic N) is 2. The summed E-state index contributed by atoms with van der Waals surface area (Å²) in [5, 5.41) is 9.46. The van der Waals surface area contributed by atoms with Crippen LogP contribution in [0, 0.1) is 6.92 Å². The van der Waals surface area contributed by atoms with E-state index < -0.39 is 6.04 Å². The fourth-order valence-corrected chi connectivity index (χ4v) is 2.36. The second kappa shape index (κ2) is 6.61. The summed E-state index contributed by atoms with van der Waals surface area (Å²) in [6.45, 7) is 4.40. The first-order chi connectivity index (χ1) is 11.5. The topological polar surface area (TPSA) is 96.7 Å². The van der Waals surface area contributed by atoms with Gasteiger partial charge >= 0.3 is 6.09 Å². The highest BCUT2D eigenvalue weighted by molar-refractivity contribution is 5.95. The average molecular weight is 330 g/mol. The molecule has 0 unspecified atom stereocenters. The SMILES string of the molecule is Cc1cc(NC(=O)[C@H](C)Nc2cccc(N3CCOC3=O)c2)on1. The Hall–Kier alpha value is -3.03. The number of anilines is 3. The summed E-state index contributed by atoms with van der Waals surface area (Å²) in [6.07, 6.45) is -0.362. The van der Waals surface area contributed by atoms with Crippen molar-refractivity contribution in [2.75, 3.05) is 28.7 Å². The third-order valence-electron chi connectivity index (χ3n) is 3.57. The van der Waals surface area contributed by atoms with Crippen LogP contribution in [-0.4, -0.2) is 36.4 Å². The van der Waals surface area contributed by atoms with Gasteiger partial charge in [0.1, 0.15) is 12.6 Å². The zero-order valence-electron chi connectivity index (χ0n) is 13.4. The minimum Gasteiger partial charge on any atom is -0.447 e. The van der Waals surface area contributed by atoms with Gasteiger partial charge in [0.15, 0.2) is 0 Å². The van der Waals surface area contributed by atoms with E-state index in [0.717, 1.165) is 11.4 Å². The first kappa shape index (κ1) is 15.9. The monoisotopic (exact) mass is 330 g/mol. The van der Waals surface area contributed by atoms with Gasteiger partial charge in [0, 0.05) is 17.4 Å². The molecule has 126 valence electrons. The molecule has 2 amide bonds. The molecule has 1 atom stereocenters. The molecule has 24 heavy (non-hydrogen) atoms. The number of hydrogen-bond acceptors (Lipinski definition) is 6. The van der Waals surface area contributed by atoms with E-state index in [-0.39, 0.29) is 12.0 Å². The third-order valence-corrected chi connectivity index (χ3v) is 3.57. The van der Waals surface area contributed by atoms with Crippen LogP contribution in [0.2, 0.25) is 0 Å². The zero-order chi connectivity index (χ0) is 17.1. The van der Waals surface area contributed by atoms with E-state index in [1.54, 1.807) is 30.9 Å². The number of ether oxygens (including phenoxy) is 1. The minimum absolute atomic E-state index is 0.253. The van der Waals surface area contributed by atoms with Gasteiger partial charge in [-0.25, -0.2) is 4.79 Å². The molecule has 1 aromatic carbocycles. The van der Waals surface area contributed by atoms with Crippen molar-refractivity contribution in [3.05, 3.63) is 36.0 Å². The van der Waals surface area contributed by atoms with Crippen molar-refractivity contribution >= 4 is 29.3 Å². The van der Waals surface area contributed by atoms with Gasteiger partial charge in [0.05, 0.1) is 12.2 Å². The molecule has 8 heteroatoms. The molecular weight excluding hydrogens is 312 g/mol. The largest absolute Gasteiger partial charge is 0.447 e. The standard InChI is InChI=1S/C16H18N4O4/c1-10-8-14(24-19-10)18-15(21)11(2)17-12-4-3-5-13(9-12)20-6-7-23-16(20)22/h3-5,8-9,11,17H,6-7H2,1-2H3,(H,18,21)/t11-/m0/s1. The molecule has 2 N–H and O–H groups in total. The van der Waals surface area contributed by atoms with Crippen molar-refractivity contribution in [2.24, 2.45) is 0 Å². The number of nitrogens with one attached hydrogen (secondary N) is 2. The molecule has 1 fully saturated rings. The van der Waals surface area contributed by atoms with Crippen molar-refractivity contribution in [1.29, 1.82) is 0 Å². The van der Waals surface area contributed by atoms with Gasteiger partial charge in [-0.2, -0.15) is 0 Å². The molecule has 3 rings (SSSR count). The molecule has 1 aliphatic heterocycles. The Bertz CT molecular complexity index is 758. The lowest BCUT2D eigenvalue weighted by atomic mass is 10.2. The Labute approximate surface area is 138 Å². The highest BCUT2D eigenvalue weighted by Crippen LogP contribution is 2.23. The summed E-state index contributed by atoms with van der Waals surface area (Å²) < 4.78 is 9.90. The number of hydrogen-bond donors (Lipinski definition) is 2. The molecule has 0 saturated carbocycles. The molecule has 1 aliphatic rings. The predicted molar refractivity (Wildman–Crippen MR) is 88.1 cm³/mol. The van der Waals surface area contributed by atoms with E-state index in [1.807, 2.05) is 18.2 Å². The predicted octanol–water partition coefficient (Wildman–Crippen LogP) is 2.38. The highest BCUT2D eigenvalue weighted by atomic mass is 16.6. The Morgan fingerprint density at radius 3 is 2.88 bits per heavy atom. The Kier molecular flexibility index (Phi) is 4.37. The first-order valence-electron chi connectivity index (χ1n) is 7.58. The maximum absolute atomic E-state index is 12.2. The van der Waals surface area contributed by atoms with Gasteiger partial charge in [-0.15, -0.1) is 0 Å². The Morgan fingerprint density at radius 1 is 1.38 bits per heavy atom. The third kappa shape index (κ3) is 3.48. The van der Waals surface area contributed by atoms with E-state index in [9.17, 15) is 9.59 Å². The number of aromatic nitrogens is 1. The van der Waals surface area contributed by atoms with Crippen LogP contribution < -0.4 is 15.5 Å². The van der Waals surface area contributed by atoms with Crippen molar-refractivity contribution in [3.8, 4) is 0 Å². The van der Waals surface area contributed by atoms with Crippen LogP contribution in [0.15, 0.2) is 34.9 Å². The van der Waals surface area contributed by atoms with Gasteiger partial charge in [-0.3, -0.25) is 15.0 Å². The normalized spacial score (nSPS) is 15.1. The smallest absolute Gasteiger partial charge is 0.414 e. The van der Waals surface area contributed by atoms with Gasteiger partial charge < -0.3 is 14.6 Å². The van der Waals surface area contributed by atoms with Crippen LogP contribution >= 0.6 is 0 Å². The average Bonchev–Trinajstić information content (AvgIpc) is 3.16. The lowest BCUT2D eigenvalue weighted by Crippen LogP contribution is -2.32. The summed E-state index contributed by atoms with van der Waals surface area (Å²) in [5.41, 5.74) is 2.14. The van der Waals surface area contributed by atoms with E-state index in [2.05, 4.69) is 15.8 Å². The Morgan fingerprint density at radius 2 is 2.21 bits per heavy atom. The maximum Gasteiger partial charge on any atom is 0.414 e. The van der Waals surface area contributed by atoms with Gasteiger partial charge in [-0.05, 0) is 32.0 Å². The van der Waals surface area contributed by atoms with E-state index in [0.29, 0.717) is 24.7 Å². The van der Waals surface area contributed by atoms with Crippen LogP contribution in [0.3, 0.4) is 0 Å². The molecule has 0 bridgehead atoms. The van der Waals surface area contributed by atoms with Gasteiger partial charge in [-0.1, -0.05) is 11.2 Å². The summed E-state index contributed by atoms with van der Waals surface area (Å²) in [4.78, 5) is 25.3. The molecular formula is C16H18N4O4. The Balaban J connectivity index is 1.64. The van der Waals surface area contributed by atoms with Crippen molar-refractivity contribution in [2.45, 2.75) is 19.9 Å². The molecule has 2 heterocycles. The lowest BCUT2D eigenvalue weighted by molar-refractivity contribution is -0.116. The van der Waals surface area contributed by atoms with Crippen molar-refractivity contribution in [3.63, 3.8) is 0 Å². The molecule has 0 radical (unpaired) electrons. The summed E-state index contributed by atoms with van der Waals surface area (Å²) in [5.74, 6) is 0.0526. The maximum atomic E-state index is 12.2. The molecule has 0 aliphatic carbocycles. The summed E-state index contributed by atoms with van der Waals surface area (Å²) in [6, 6.07) is 8.40. The summed E-state index contributed by atoms with van der Waals surface area (Å²) in [7, 11) is 0. The molecule has 8 nitrogen and oxygen atoms in total. The van der Waals surface area contributed by atoms with Gasteiger partial charge in [0.25, 0.3) is 0 Å². The van der Waals surface area contributed by atoms with E-state index in [4.69, 9.17) is 9.26 Å². The fraction of sp³-hybridized carbons (Fsp3) is 0.312. The fourth-order valence-electron chi connectivity index (χ4n) is 2.36. The van der Waals surface area contributed by atoms with Crippen molar-refractivity contribution in [1.82, 2.24) is 5.16 Å². The quantitative estimate of drug-likeness (QED) is 0.874. The number of carbonyl (C=O) groups is 2. The number of carbonyl (C=O) groups excluding carboxylic acids is 2. The van der Waals surface area contributed by atoms with Crippen LogP contribution in [0.25, 0.3) is 0 Å². The van der Waals surface area contributed by atoms with Crippen LogP contribution in [0.1, 0.15) is 12.6 Å². The van der Waals surface area contributed by atoms with Crippen molar-refractivity contribution < 1.29 is 18.8 Å². The van der Waals surface area contributed by atoms with E-state index in [1.165, 1.54) is 0 Å². The van der Waals surface area contributed by atoms with E-state index >= 15 is 0 Å². The minimum atomic E-state index is -0.504. The van der Waals surface area contributed by atoms with Crippen LogP contribution in [0.4, 0.5) is 22.1 Å². The molecule has 1 aromatic heterocycles. The molecule has 2 aromatic rings. The highest BCUT2D eigenvalue weighted by Gasteiger charge is 2.24. The molecule has 1 saturated heterocycles. The number of aryl methyl sites for hydroxylation is 1. The summed E-state index contributed by atoms with van der Waals surface area (Å²) >= 11 is 0. The lowest BCUT2D eigenvalue weighted by Gasteiger charge is -2.17. The zero-order valence-corrected chi connectivity index (χ0v) is 13.4. The van der Waals surface area contributed by atoms with Crippen LogP contribution in [0.5, 0.6) is 0 Å². The first-order valence-corrected chi connectivity index (χ1v) is 7.58. The second-order valence-electron chi connectivity index (χ2n) is 5.50. The number of rotatable bonds is 5. The number of benzene rings is 1. The van der Waals surface area contributed by atoms with Gasteiger partial charge in [0.2, 0.25) is 11.8 Å². The molecule has 0 spiro atoms. The number of amides is 2. The van der Waals surface area contributed by atoms with Crippen LogP contribution in [-0.2, 0) is 9.53 Å². The second-order valence-corrected chi connectivity index (χ2v) is 5.50.